The molecule has 11 heteroatoms. The standard InChI is InChI=1S/C21H35N7O4/c1-6-25(7-2)14-12-28(13-14)19-23-16(18(29)30)15(22)17(24-19)26-8-10-27(11-9-26)20(31)32-21(3,4)5/h14H,6-13,22H2,1-5H3,(H,29,30). The Morgan fingerprint density at radius 3 is 2.19 bits per heavy atom. The minimum absolute atomic E-state index is 0.0489. The third-order valence-electron chi connectivity index (χ3n) is 5.82. The van der Waals surface area contributed by atoms with E-state index in [0.717, 1.165) is 26.2 Å². The average Bonchev–Trinajstić information content (AvgIpc) is 2.69. The quantitative estimate of drug-likeness (QED) is 0.656. The molecule has 0 bridgehead atoms. The van der Waals surface area contributed by atoms with E-state index in [4.69, 9.17) is 10.5 Å². The van der Waals surface area contributed by atoms with Gasteiger partial charge in [0.25, 0.3) is 0 Å². The number of hydrogen-bond donors (Lipinski definition) is 2. The van der Waals surface area contributed by atoms with E-state index >= 15 is 0 Å². The van der Waals surface area contributed by atoms with E-state index in [0.29, 0.717) is 44.0 Å². The first-order valence-corrected chi connectivity index (χ1v) is 11.2. The predicted molar refractivity (Wildman–Crippen MR) is 122 cm³/mol. The van der Waals surface area contributed by atoms with Crippen LogP contribution in [0.5, 0.6) is 0 Å². The number of aromatic nitrogens is 2. The summed E-state index contributed by atoms with van der Waals surface area (Å²) < 4.78 is 5.44. The molecule has 0 radical (unpaired) electrons. The molecule has 2 saturated heterocycles. The number of anilines is 3. The van der Waals surface area contributed by atoms with E-state index in [1.54, 1.807) is 4.90 Å². The SMILES string of the molecule is CCN(CC)C1CN(c2nc(C(=O)O)c(N)c(N3CCN(C(=O)OC(C)(C)C)CC3)n2)C1. The Hall–Kier alpha value is -2.82. The predicted octanol–water partition coefficient (Wildman–Crippen LogP) is 1.34. The van der Waals surface area contributed by atoms with E-state index in [1.165, 1.54) is 0 Å². The molecule has 1 aromatic heterocycles. The molecule has 0 unspecified atom stereocenters. The highest BCUT2D eigenvalue weighted by atomic mass is 16.6. The zero-order valence-corrected chi connectivity index (χ0v) is 19.7. The molecule has 3 rings (SSSR count). The Balaban J connectivity index is 1.74. The van der Waals surface area contributed by atoms with Crippen LogP contribution in [0.3, 0.4) is 0 Å². The van der Waals surface area contributed by atoms with Gasteiger partial charge in [0.15, 0.2) is 11.5 Å². The summed E-state index contributed by atoms with van der Waals surface area (Å²) >= 11 is 0. The van der Waals surface area contributed by atoms with Crippen LogP contribution in [0.15, 0.2) is 0 Å². The molecule has 32 heavy (non-hydrogen) atoms. The number of rotatable bonds is 6. The fourth-order valence-corrected chi connectivity index (χ4v) is 4.01. The summed E-state index contributed by atoms with van der Waals surface area (Å²) in [5.41, 5.74) is 5.46. The van der Waals surface area contributed by atoms with Crippen LogP contribution in [-0.2, 0) is 4.74 Å². The lowest BCUT2D eigenvalue weighted by molar-refractivity contribution is 0.0240. The van der Waals surface area contributed by atoms with Crippen LogP contribution in [0.25, 0.3) is 0 Å². The maximum atomic E-state index is 12.3. The number of carboxylic acid groups (broad SMARTS) is 1. The van der Waals surface area contributed by atoms with Crippen molar-refractivity contribution in [1.29, 1.82) is 0 Å². The summed E-state index contributed by atoms with van der Waals surface area (Å²) in [5, 5.41) is 9.64. The summed E-state index contributed by atoms with van der Waals surface area (Å²) in [6.07, 6.45) is -0.359. The zero-order chi connectivity index (χ0) is 23.6. The Bertz CT molecular complexity index is 839. The van der Waals surface area contributed by atoms with Crippen molar-refractivity contribution in [2.45, 2.75) is 46.3 Å². The molecule has 0 aliphatic carbocycles. The van der Waals surface area contributed by atoms with Crippen LogP contribution in [-0.4, -0.2) is 101 Å². The van der Waals surface area contributed by atoms with Crippen LogP contribution in [0, 0.1) is 0 Å². The average molecular weight is 450 g/mol. The van der Waals surface area contributed by atoms with E-state index < -0.39 is 11.6 Å². The normalized spacial score (nSPS) is 17.5. The fraction of sp³-hybridized carbons (Fsp3) is 0.714. The molecule has 2 fully saturated rings. The molecule has 178 valence electrons. The number of carboxylic acids is 1. The summed E-state index contributed by atoms with van der Waals surface area (Å²) in [7, 11) is 0. The minimum Gasteiger partial charge on any atom is -0.476 e. The van der Waals surface area contributed by atoms with Gasteiger partial charge in [-0.2, -0.15) is 4.98 Å². The van der Waals surface area contributed by atoms with Gasteiger partial charge in [0.2, 0.25) is 5.95 Å². The van der Waals surface area contributed by atoms with Gasteiger partial charge >= 0.3 is 12.1 Å². The first-order chi connectivity index (χ1) is 15.0. The van der Waals surface area contributed by atoms with Gasteiger partial charge < -0.3 is 30.3 Å². The van der Waals surface area contributed by atoms with Crippen molar-refractivity contribution in [3.05, 3.63) is 5.69 Å². The van der Waals surface area contributed by atoms with E-state index in [2.05, 4.69) is 28.7 Å². The molecular formula is C21H35N7O4. The lowest BCUT2D eigenvalue weighted by Gasteiger charge is -2.45. The molecule has 1 amide bonds. The van der Waals surface area contributed by atoms with Crippen LogP contribution in [0.4, 0.5) is 22.2 Å². The van der Waals surface area contributed by atoms with Crippen molar-refractivity contribution in [3.8, 4) is 0 Å². The Morgan fingerprint density at radius 1 is 1.09 bits per heavy atom. The number of nitrogen functional groups attached to an aromatic ring is 1. The number of likely N-dealkylation sites (N-methyl/N-ethyl adjacent to an activating group) is 1. The Labute approximate surface area is 189 Å². The second kappa shape index (κ2) is 9.35. The lowest BCUT2D eigenvalue weighted by atomic mass is 10.1. The second-order valence-corrected chi connectivity index (χ2v) is 9.15. The number of amides is 1. The molecule has 0 atom stereocenters. The van der Waals surface area contributed by atoms with Crippen LogP contribution < -0.4 is 15.5 Å². The van der Waals surface area contributed by atoms with Crippen molar-refractivity contribution in [2.75, 3.05) is 67.9 Å². The molecule has 2 aliphatic rings. The molecule has 1 aromatic rings. The van der Waals surface area contributed by atoms with E-state index in [1.807, 2.05) is 30.6 Å². The van der Waals surface area contributed by atoms with Crippen LogP contribution in [0.1, 0.15) is 45.1 Å². The second-order valence-electron chi connectivity index (χ2n) is 9.15. The van der Waals surface area contributed by atoms with Gasteiger partial charge in [0.1, 0.15) is 11.3 Å². The minimum atomic E-state index is -1.18. The highest BCUT2D eigenvalue weighted by Gasteiger charge is 2.34. The van der Waals surface area contributed by atoms with E-state index in [-0.39, 0.29) is 17.5 Å². The number of carbonyl (C=O) groups excluding carboxylic acids is 1. The number of piperazine rings is 1. The lowest BCUT2D eigenvalue weighted by Crippen LogP contribution is -2.60. The number of ether oxygens (including phenoxy) is 1. The molecule has 3 heterocycles. The highest BCUT2D eigenvalue weighted by Crippen LogP contribution is 2.30. The van der Waals surface area contributed by atoms with Crippen molar-refractivity contribution >= 4 is 29.5 Å². The number of aromatic carboxylic acids is 1. The third kappa shape index (κ3) is 5.14. The molecule has 2 aliphatic heterocycles. The largest absolute Gasteiger partial charge is 0.476 e. The van der Waals surface area contributed by atoms with Gasteiger partial charge in [-0.25, -0.2) is 14.6 Å². The van der Waals surface area contributed by atoms with Crippen molar-refractivity contribution < 1.29 is 19.4 Å². The Kier molecular flexibility index (Phi) is 6.97. The van der Waals surface area contributed by atoms with E-state index in [9.17, 15) is 14.7 Å². The van der Waals surface area contributed by atoms with Crippen molar-refractivity contribution in [2.24, 2.45) is 0 Å². The first kappa shape index (κ1) is 23.8. The van der Waals surface area contributed by atoms with Gasteiger partial charge in [0.05, 0.1) is 0 Å². The molecule has 3 N–H and O–H groups in total. The van der Waals surface area contributed by atoms with Crippen molar-refractivity contribution in [3.63, 3.8) is 0 Å². The third-order valence-corrected chi connectivity index (χ3v) is 5.82. The molecule has 0 spiro atoms. The summed E-state index contributed by atoms with van der Waals surface area (Å²) in [6, 6.07) is 0.403. The zero-order valence-electron chi connectivity index (χ0n) is 19.7. The number of nitrogens with two attached hydrogens (primary N) is 1. The number of nitrogens with zero attached hydrogens (tertiary/aromatic N) is 6. The molecule has 0 aromatic carbocycles. The topological polar surface area (TPSA) is 128 Å². The maximum absolute atomic E-state index is 12.3. The summed E-state index contributed by atoms with van der Waals surface area (Å²) in [4.78, 5) is 40.9. The summed E-state index contributed by atoms with van der Waals surface area (Å²) in [5.74, 6) is -0.396. The summed E-state index contributed by atoms with van der Waals surface area (Å²) in [6.45, 7) is 15.0. The molecular weight excluding hydrogens is 414 g/mol. The smallest absolute Gasteiger partial charge is 0.410 e. The highest BCUT2D eigenvalue weighted by molar-refractivity contribution is 5.95. The number of carbonyl (C=O) groups is 2. The molecule has 11 nitrogen and oxygen atoms in total. The van der Waals surface area contributed by atoms with Crippen molar-refractivity contribution in [1.82, 2.24) is 19.8 Å². The van der Waals surface area contributed by atoms with Gasteiger partial charge in [-0.1, -0.05) is 13.8 Å². The van der Waals surface area contributed by atoms with Gasteiger partial charge in [-0.05, 0) is 33.9 Å². The van der Waals surface area contributed by atoms with Crippen LogP contribution in [0.2, 0.25) is 0 Å². The fourth-order valence-electron chi connectivity index (χ4n) is 4.01. The van der Waals surface area contributed by atoms with Gasteiger partial charge in [-0.3, -0.25) is 4.90 Å². The van der Waals surface area contributed by atoms with Crippen LogP contribution >= 0.6 is 0 Å². The molecule has 0 saturated carbocycles. The number of hydrogen-bond acceptors (Lipinski definition) is 9. The Morgan fingerprint density at radius 2 is 1.69 bits per heavy atom. The van der Waals surface area contributed by atoms with Gasteiger partial charge in [0, 0.05) is 45.3 Å². The monoisotopic (exact) mass is 449 g/mol. The van der Waals surface area contributed by atoms with Gasteiger partial charge in [-0.15, -0.1) is 0 Å². The maximum Gasteiger partial charge on any atom is 0.410 e. The first-order valence-electron chi connectivity index (χ1n) is 11.2.